The van der Waals surface area contributed by atoms with Gasteiger partial charge >= 0.3 is 0 Å². The number of thiazole rings is 1. The summed E-state index contributed by atoms with van der Waals surface area (Å²) in [7, 11) is 0. The number of pyridine rings is 1. The summed E-state index contributed by atoms with van der Waals surface area (Å²) in [4.78, 5) is 23.9. The highest BCUT2D eigenvalue weighted by molar-refractivity contribution is 7.09. The molecule has 1 saturated heterocycles. The smallest absolute Gasteiger partial charge is 0.273 e. The Bertz CT molecular complexity index is 848. The van der Waals surface area contributed by atoms with Gasteiger partial charge in [-0.1, -0.05) is 36.4 Å². The van der Waals surface area contributed by atoms with Gasteiger partial charge in [-0.15, -0.1) is 11.3 Å². The lowest BCUT2D eigenvalue weighted by molar-refractivity contribution is 0.0727. The van der Waals surface area contributed by atoms with E-state index in [1.165, 1.54) is 5.56 Å². The van der Waals surface area contributed by atoms with Crippen LogP contribution in [-0.4, -0.2) is 27.3 Å². The number of amides is 1. The van der Waals surface area contributed by atoms with Crippen LogP contribution in [0.5, 0.6) is 0 Å². The van der Waals surface area contributed by atoms with Gasteiger partial charge in [0.25, 0.3) is 5.91 Å². The molecule has 25 heavy (non-hydrogen) atoms. The first-order chi connectivity index (χ1) is 12.3. The largest absolute Gasteiger partial charge is 0.329 e. The summed E-state index contributed by atoms with van der Waals surface area (Å²) in [5.74, 6) is 0.0173. The molecule has 5 heteroatoms. The summed E-state index contributed by atoms with van der Waals surface area (Å²) in [6, 6.07) is 16.2. The number of carbonyl (C=O) groups is 1. The molecule has 3 heterocycles. The van der Waals surface area contributed by atoms with E-state index < -0.39 is 0 Å². The zero-order valence-corrected chi connectivity index (χ0v) is 14.7. The molecule has 0 N–H and O–H groups in total. The first kappa shape index (κ1) is 16.0. The molecule has 1 aliphatic heterocycles. The molecule has 0 saturated carbocycles. The van der Waals surface area contributed by atoms with Crippen LogP contribution in [0.25, 0.3) is 0 Å². The van der Waals surface area contributed by atoms with E-state index in [9.17, 15) is 4.79 Å². The second kappa shape index (κ2) is 7.15. The van der Waals surface area contributed by atoms with Gasteiger partial charge in [0, 0.05) is 24.5 Å². The molecular formula is C20H19N3OS. The number of likely N-dealkylation sites (tertiary alicyclic amines) is 1. The number of carbonyl (C=O) groups excluding carboxylic acids is 1. The van der Waals surface area contributed by atoms with Gasteiger partial charge in [0.1, 0.15) is 5.69 Å². The van der Waals surface area contributed by atoms with Gasteiger partial charge < -0.3 is 4.90 Å². The third kappa shape index (κ3) is 3.46. The van der Waals surface area contributed by atoms with E-state index in [-0.39, 0.29) is 11.9 Å². The lowest BCUT2D eigenvalue weighted by Gasteiger charge is -2.23. The quantitative estimate of drug-likeness (QED) is 0.712. The summed E-state index contributed by atoms with van der Waals surface area (Å²) in [6.45, 7) is 0.769. The summed E-state index contributed by atoms with van der Waals surface area (Å²) in [5.41, 5.74) is 2.73. The number of nitrogens with zero attached hydrogens (tertiary/aromatic N) is 3. The van der Waals surface area contributed by atoms with Crippen LogP contribution in [0.15, 0.2) is 60.1 Å². The lowest BCUT2D eigenvalue weighted by atomic mass is 10.1. The second-order valence-electron chi connectivity index (χ2n) is 6.20. The van der Waals surface area contributed by atoms with Crippen LogP contribution in [0.4, 0.5) is 0 Å². The van der Waals surface area contributed by atoms with Crippen LogP contribution in [0.3, 0.4) is 0 Å². The predicted octanol–water partition coefficient (Wildman–Crippen LogP) is 4.11. The molecule has 3 aromatic rings. The first-order valence-corrected chi connectivity index (χ1v) is 9.39. The van der Waals surface area contributed by atoms with Gasteiger partial charge in [-0.3, -0.25) is 9.78 Å². The highest BCUT2D eigenvalue weighted by atomic mass is 32.1. The van der Waals surface area contributed by atoms with Crippen molar-refractivity contribution in [1.82, 2.24) is 14.9 Å². The number of aromatic nitrogens is 2. The van der Waals surface area contributed by atoms with Gasteiger partial charge in [0.05, 0.1) is 16.7 Å². The molecule has 4 rings (SSSR count). The van der Waals surface area contributed by atoms with Crippen LogP contribution in [0.1, 0.15) is 45.6 Å². The topological polar surface area (TPSA) is 46.1 Å². The van der Waals surface area contributed by atoms with Gasteiger partial charge in [-0.25, -0.2) is 4.98 Å². The van der Waals surface area contributed by atoms with Crippen molar-refractivity contribution >= 4 is 17.2 Å². The number of hydrogen-bond acceptors (Lipinski definition) is 4. The molecule has 1 aromatic carbocycles. The maximum absolute atomic E-state index is 12.9. The zero-order chi connectivity index (χ0) is 17.1. The summed E-state index contributed by atoms with van der Waals surface area (Å²) < 4.78 is 0. The van der Waals surface area contributed by atoms with Crippen molar-refractivity contribution in [2.45, 2.75) is 25.3 Å². The minimum absolute atomic E-state index is 0.0173. The van der Waals surface area contributed by atoms with E-state index >= 15 is 0 Å². The van der Waals surface area contributed by atoms with Crippen molar-refractivity contribution in [1.29, 1.82) is 0 Å². The molecule has 0 radical (unpaired) electrons. The summed E-state index contributed by atoms with van der Waals surface area (Å²) >= 11 is 1.55. The van der Waals surface area contributed by atoms with E-state index in [0.717, 1.165) is 36.5 Å². The molecule has 126 valence electrons. The monoisotopic (exact) mass is 349 g/mol. The van der Waals surface area contributed by atoms with Crippen molar-refractivity contribution in [3.05, 3.63) is 82.1 Å². The molecular weight excluding hydrogens is 330 g/mol. The average Bonchev–Trinajstić information content (AvgIpc) is 3.32. The molecule has 1 unspecified atom stereocenters. The zero-order valence-electron chi connectivity index (χ0n) is 13.8. The lowest BCUT2D eigenvalue weighted by Crippen LogP contribution is -2.31. The molecule has 1 amide bonds. The Morgan fingerprint density at radius 1 is 1.16 bits per heavy atom. The van der Waals surface area contributed by atoms with E-state index in [1.807, 2.05) is 46.7 Å². The highest BCUT2D eigenvalue weighted by Gasteiger charge is 2.32. The molecule has 2 aromatic heterocycles. The SMILES string of the molecule is O=C(c1csc(Cc2ccccc2)n1)N1CCCC1c1ccccn1. The van der Waals surface area contributed by atoms with Gasteiger partial charge in [-0.05, 0) is 30.5 Å². The molecule has 1 fully saturated rings. The Kier molecular flexibility index (Phi) is 4.57. The van der Waals surface area contributed by atoms with Crippen LogP contribution < -0.4 is 0 Å². The Morgan fingerprint density at radius 2 is 2.00 bits per heavy atom. The third-order valence-electron chi connectivity index (χ3n) is 4.51. The van der Waals surface area contributed by atoms with Gasteiger partial charge in [0.15, 0.2) is 0 Å². The van der Waals surface area contributed by atoms with Crippen molar-refractivity contribution in [2.24, 2.45) is 0 Å². The van der Waals surface area contributed by atoms with Crippen molar-refractivity contribution in [3.8, 4) is 0 Å². The van der Waals surface area contributed by atoms with Gasteiger partial charge in [-0.2, -0.15) is 0 Å². The minimum atomic E-state index is 0.0173. The van der Waals surface area contributed by atoms with Crippen molar-refractivity contribution < 1.29 is 4.79 Å². The maximum atomic E-state index is 12.9. The third-order valence-corrected chi connectivity index (χ3v) is 5.36. The molecule has 0 aliphatic carbocycles. The number of benzene rings is 1. The Morgan fingerprint density at radius 3 is 2.80 bits per heavy atom. The van der Waals surface area contributed by atoms with Crippen LogP contribution in [0.2, 0.25) is 0 Å². The van der Waals surface area contributed by atoms with E-state index in [1.54, 1.807) is 17.5 Å². The summed E-state index contributed by atoms with van der Waals surface area (Å²) in [5, 5.41) is 2.86. The Labute approximate surface area is 151 Å². The van der Waals surface area contributed by atoms with Crippen LogP contribution in [0, 0.1) is 0 Å². The fourth-order valence-corrected chi connectivity index (χ4v) is 4.10. The fourth-order valence-electron chi connectivity index (χ4n) is 3.30. The standard InChI is InChI=1S/C20H19N3OS/c24-20(23-12-6-10-18(23)16-9-4-5-11-21-16)17-14-25-19(22-17)13-15-7-2-1-3-8-15/h1-5,7-9,11,14,18H,6,10,12-13H2. The predicted molar refractivity (Wildman–Crippen MR) is 98.6 cm³/mol. The first-order valence-electron chi connectivity index (χ1n) is 8.51. The van der Waals surface area contributed by atoms with E-state index in [0.29, 0.717) is 5.69 Å². The minimum Gasteiger partial charge on any atom is -0.329 e. The molecule has 0 bridgehead atoms. The van der Waals surface area contributed by atoms with Crippen molar-refractivity contribution in [2.75, 3.05) is 6.54 Å². The fraction of sp³-hybridized carbons (Fsp3) is 0.250. The molecule has 1 atom stereocenters. The maximum Gasteiger partial charge on any atom is 0.273 e. The summed E-state index contributed by atoms with van der Waals surface area (Å²) in [6.07, 6.45) is 4.53. The Hall–Kier alpha value is -2.53. The number of hydrogen-bond donors (Lipinski definition) is 0. The normalized spacial score (nSPS) is 17.0. The average molecular weight is 349 g/mol. The van der Waals surface area contributed by atoms with Gasteiger partial charge in [0.2, 0.25) is 0 Å². The highest BCUT2D eigenvalue weighted by Crippen LogP contribution is 2.32. The van der Waals surface area contributed by atoms with E-state index in [2.05, 4.69) is 22.1 Å². The van der Waals surface area contributed by atoms with Crippen molar-refractivity contribution in [3.63, 3.8) is 0 Å². The number of rotatable bonds is 4. The van der Waals surface area contributed by atoms with Crippen LogP contribution >= 0.6 is 11.3 Å². The Balaban J connectivity index is 1.51. The second-order valence-corrected chi connectivity index (χ2v) is 7.14. The molecule has 0 spiro atoms. The molecule has 1 aliphatic rings. The van der Waals surface area contributed by atoms with E-state index in [4.69, 9.17) is 0 Å². The molecule has 4 nitrogen and oxygen atoms in total. The van der Waals surface area contributed by atoms with Crippen LogP contribution in [-0.2, 0) is 6.42 Å².